The summed E-state index contributed by atoms with van der Waals surface area (Å²) in [6.45, 7) is 6.33. The molecule has 1 atom stereocenters. The number of benzene rings is 2. The van der Waals surface area contributed by atoms with Crippen molar-refractivity contribution >= 4 is 10.8 Å². The molecule has 0 aliphatic carbocycles. The van der Waals surface area contributed by atoms with Crippen molar-refractivity contribution in [3.63, 3.8) is 0 Å². The minimum atomic E-state index is 0.130. The number of aryl methyl sites for hydroxylation is 1. The van der Waals surface area contributed by atoms with Crippen LogP contribution in [0.4, 0.5) is 0 Å². The fourth-order valence-corrected chi connectivity index (χ4v) is 4.25. The van der Waals surface area contributed by atoms with Crippen molar-refractivity contribution in [1.29, 1.82) is 5.26 Å². The molecule has 1 aliphatic rings. The molecule has 0 bridgehead atoms. The lowest BCUT2D eigenvalue weighted by Gasteiger charge is -2.33. The summed E-state index contributed by atoms with van der Waals surface area (Å²) in [5.74, 6) is 0. The van der Waals surface area contributed by atoms with E-state index in [2.05, 4.69) is 53.5 Å². The van der Waals surface area contributed by atoms with E-state index in [0.717, 1.165) is 54.1 Å². The van der Waals surface area contributed by atoms with Crippen LogP contribution in [0.3, 0.4) is 0 Å². The molecule has 3 aromatic rings. The summed E-state index contributed by atoms with van der Waals surface area (Å²) in [4.78, 5) is 7.54. The van der Waals surface area contributed by atoms with Gasteiger partial charge in [-0.15, -0.1) is 0 Å². The Morgan fingerprint density at radius 3 is 2.90 bits per heavy atom. The van der Waals surface area contributed by atoms with E-state index in [1.165, 1.54) is 5.39 Å². The number of nitriles is 1. The Balaban J connectivity index is 1.78. The monoisotopic (exact) mass is 400 g/mol. The lowest BCUT2D eigenvalue weighted by atomic mass is 9.97. The highest BCUT2D eigenvalue weighted by atomic mass is 16.2. The molecule has 1 aliphatic heterocycles. The summed E-state index contributed by atoms with van der Waals surface area (Å²) in [6, 6.07) is 19.0. The molecular weight excluding hydrogens is 372 g/mol. The van der Waals surface area contributed by atoms with Gasteiger partial charge in [-0.25, -0.2) is 0 Å². The summed E-state index contributed by atoms with van der Waals surface area (Å²) < 4.78 is 0. The third kappa shape index (κ3) is 4.22. The van der Waals surface area contributed by atoms with Crippen LogP contribution in [-0.4, -0.2) is 47.8 Å². The molecule has 2 heterocycles. The summed E-state index contributed by atoms with van der Waals surface area (Å²) in [7, 11) is 0. The summed E-state index contributed by atoms with van der Waals surface area (Å²) in [5, 5.41) is 24.7. The Bertz CT molecular complexity index is 1070. The Morgan fingerprint density at radius 2 is 2.10 bits per heavy atom. The van der Waals surface area contributed by atoms with Crippen molar-refractivity contribution < 1.29 is 5.11 Å². The van der Waals surface area contributed by atoms with E-state index in [0.29, 0.717) is 18.4 Å². The molecular formula is C25H28N4O. The molecule has 2 N–H and O–H groups in total. The van der Waals surface area contributed by atoms with Gasteiger partial charge in [-0.1, -0.05) is 43.3 Å². The lowest BCUT2D eigenvalue weighted by Crippen LogP contribution is -2.45. The summed E-state index contributed by atoms with van der Waals surface area (Å²) in [5.41, 5.74) is 4.55. The van der Waals surface area contributed by atoms with Crippen LogP contribution in [0.1, 0.15) is 36.2 Å². The molecule has 2 aromatic carbocycles. The van der Waals surface area contributed by atoms with Crippen LogP contribution in [0, 0.1) is 11.3 Å². The Labute approximate surface area is 178 Å². The second-order valence-corrected chi connectivity index (χ2v) is 7.82. The van der Waals surface area contributed by atoms with Crippen LogP contribution in [0.25, 0.3) is 22.0 Å². The lowest BCUT2D eigenvalue weighted by molar-refractivity contribution is 0.209. The first-order valence-electron chi connectivity index (χ1n) is 10.7. The number of pyridine rings is 1. The normalized spacial score (nSPS) is 17.2. The largest absolute Gasteiger partial charge is 0.396 e. The highest BCUT2D eigenvalue weighted by Gasteiger charge is 2.23. The maximum atomic E-state index is 9.63. The van der Waals surface area contributed by atoms with Gasteiger partial charge in [0.2, 0.25) is 0 Å². The SMILES string of the molecule is CCN1CCNC(c2nc(-c3ccc(CCCO)c(C#N)c3)cc3ccccc23)C1. The zero-order valence-electron chi connectivity index (χ0n) is 17.4. The number of fused-ring (bicyclic) bond motifs is 1. The Kier molecular flexibility index (Phi) is 6.39. The smallest absolute Gasteiger partial charge is 0.0994 e. The minimum absolute atomic E-state index is 0.130. The number of nitrogens with zero attached hydrogens (tertiary/aromatic N) is 3. The molecule has 1 aromatic heterocycles. The third-order valence-corrected chi connectivity index (χ3v) is 5.94. The highest BCUT2D eigenvalue weighted by Crippen LogP contribution is 2.30. The first-order valence-corrected chi connectivity index (χ1v) is 10.7. The van der Waals surface area contributed by atoms with Crippen molar-refractivity contribution in [2.24, 2.45) is 0 Å². The number of aliphatic hydroxyl groups excluding tert-OH is 1. The Morgan fingerprint density at radius 1 is 1.23 bits per heavy atom. The van der Waals surface area contributed by atoms with Gasteiger partial charge >= 0.3 is 0 Å². The zero-order valence-corrected chi connectivity index (χ0v) is 17.4. The Hall–Kier alpha value is -2.78. The number of likely N-dealkylation sites (N-methyl/N-ethyl adjacent to an activating group) is 1. The fraction of sp³-hybridized carbons (Fsp3) is 0.360. The van der Waals surface area contributed by atoms with E-state index in [1.54, 1.807) is 0 Å². The molecule has 1 unspecified atom stereocenters. The molecule has 1 fully saturated rings. The van der Waals surface area contributed by atoms with E-state index < -0.39 is 0 Å². The average Bonchev–Trinajstić information content (AvgIpc) is 2.81. The fourth-order valence-electron chi connectivity index (χ4n) is 4.25. The van der Waals surface area contributed by atoms with Gasteiger partial charge < -0.3 is 15.3 Å². The van der Waals surface area contributed by atoms with Gasteiger partial charge in [0.15, 0.2) is 0 Å². The maximum Gasteiger partial charge on any atom is 0.0994 e. The topological polar surface area (TPSA) is 72.2 Å². The van der Waals surface area contributed by atoms with E-state index in [9.17, 15) is 5.26 Å². The first kappa shape index (κ1) is 20.5. The van der Waals surface area contributed by atoms with E-state index >= 15 is 0 Å². The van der Waals surface area contributed by atoms with Crippen LogP contribution < -0.4 is 5.32 Å². The number of piperazine rings is 1. The molecule has 30 heavy (non-hydrogen) atoms. The molecule has 0 saturated carbocycles. The van der Waals surface area contributed by atoms with Crippen LogP contribution in [0.5, 0.6) is 0 Å². The van der Waals surface area contributed by atoms with Crippen molar-refractivity contribution in [1.82, 2.24) is 15.2 Å². The van der Waals surface area contributed by atoms with Gasteiger partial charge in [-0.3, -0.25) is 4.98 Å². The minimum Gasteiger partial charge on any atom is -0.396 e. The molecule has 0 spiro atoms. The molecule has 1 saturated heterocycles. The highest BCUT2D eigenvalue weighted by molar-refractivity contribution is 5.88. The van der Waals surface area contributed by atoms with Gasteiger partial charge in [-0.05, 0) is 42.5 Å². The number of aliphatic hydroxyl groups is 1. The van der Waals surface area contributed by atoms with Gasteiger partial charge in [0.05, 0.1) is 29.1 Å². The number of rotatable bonds is 6. The van der Waals surface area contributed by atoms with Crippen molar-refractivity contribution in [2.45, 2.75) is 25.8 Å². The molecule has 0 radical (unpaired) electrons. The van der Waals surface area contributed by atoms with Gasteiger partial charge in [0.1, 0.15) is 0 Å². The molecule has 0 amide bonds. The van der Waals surface area contributed by atoms with Crippen molar-refractivity contribution in [3.05, 3.63) is 65.4 Å². The zero-order chi connectivity index (χ0) is 20.9. The van der Waals surface area contributed by atoms with E-state index in [4.69, 9.17) is 10.1 Å². The van der Waals surface area contributed by atoms with Crippen molar-refractivity contribution in [3.8, 4) is 17.3 Å². The summed E-state index contributed by atoms with van der Waals surface area (Å²) in [6.07, 6.45) is 1.36. The number of nitrogens with one attached hydrogen (secondary N) is 1. The number of aromatic nitrogens is 1. The van der Waals surface area contributed by atoms with Crippen LogP contribution in [-0.2, 0) is 6.42 Å². The first-order chi connectivity index (χ1) is 14.7. The van der Waals surface area contributed by atoms with E-state index in [-0.39, 0.29) is 12.6 Å². The molecule has 5 nitrogen and oxygen atoms in total. The second-order valence-electron chi connectivity index (χ2n) is 7.82. The predicted octanol–water partition coefficient (Wildman–Crippen LogP) is 3.66. The molecule has 4 rings (SSSR count). The third-order valence-electron chi connectivity index (χ3n) is 5.94. The molecule has 5 heteroatoms. The van der Waals surface area contributed by atoms with Gasteiger partial charge in [0, 0.05) is 37.2 Å². The van der Waals surface area contributed by atoms with Crippen molar-refractivity contribution in [2.75, 3.05) is 32.8 Å². The predicted molar refractivity (Wildman–Crippen MR) is 120 cm³/mol. The second kappa shape index (κ2) is 9.36. The van der Waals surface area contributed by atoms with Gasteiger partial charge in [-0.2, -0.15) is 5.26 Å². The maximum absolute atomic E-state index is 9.63. The van der Waals surface area contributed by atoms with Crippen LogP contribution in [0.2, 0.25) is 0 Å². The van der Waals surface area contributed by atoms with Crippen LogP contribution >= 0.6 is 0 Å². The quantitative estimate of drug-likeness (QED) is 0.661. The molecule has 154 valence electrons. The standard InChI is InChI=1S/C25H28N4O/c1-2-29-12-11-27-24(17-29)25-22-8-4-3-6-19(22)15-23(28-25)20-10-9-18(7-5-13-30)21(14-20)16-26/h3-4,6,8-10,14-15,24,27,30H,2,5,7,11-13,17H2,1H3. The average molecular weight is 401 g/mol. The van der Waals surface area contributed by atoms with Crippen LogP contribution in [0.15, 0.2) is 48.5 Å². The van der Waals surface area contributed by atoms with Gasteiger partial charge in [0.25, 0.3) is 0 Å². The summed E-state index contributed by atoms with van der Waals surface area (Å²) >= 11 is 0. The number of hydrogen-bond acceptors (Lipinski definition) is 5. The van der Waals surface area contributed by atoms with E-state index in [1.807, 2.05) is 18.2 Å². The number of hydrogen-bond donors (Lipinski definition) is 2.